The lowest BCUT2D eigenvalue weighted by atomic mass is 9.81. The normalized spacial score (nSPS) is 12.0. The maximum atomic E-state index is 6.81. The van der Waals surface area contributed by atoms with Crippen molar-refractivity contribution in [3.8, 4) is 33.4 Å². The van der Waals surface area contributed by atoms with Crippen LogP contribution in [0.1, 0.15) is 34.7 Å². The van der Waals surface area contributed by atoms with E-state index in [9.17, 15) is 0 Å². The number of hydrogen-bond donors (Lipinski definition) is 0. The van der Waals surface area contributed by atoms with Gasteiger partial charge in [0.1, 0.15) is 11.2 Å². The molecule has 0 amide bonds. The highest BCUT2D eigenvalue weighted by Gasteiger charge is 2.23. The molecule has 0 saturated carbocycles. The molecule has 0 spiro atoms. The van der Waals surface area contributed by atoms with Crippen LogP contribution in [0, 0.1) is 13.8 Å². The summed E-state index contributed by atoms with van der Waals surface area (Å²) < 4.78 is 6.81. The molecule has 0 radical (unpaired) electrons. The molecule has 266 valence electrons. The number of benzene rings is 9. The van der Waals surface area contributed by atoms with Gasteiger partial charge in [0.15, 0.2) is 0 Å². The van der Waals surface area contributed by atoms with Crippen molar-refractivity contribution < 1.29 is 4.42 Å². The van der Waals surface area contributed by atoms with Crippen LogP contribution >= 0.6 is 0 Å². The molecule has 0 aliphatic heterocycles. The average molecular weight is 717 g/mol. The summed E-state index contributed by atoms with van der Waals surface area (Å²) in [7, 11) is 0. The Morgan fingerprint density at radius 2 is 1.05 bits per heavy atom. The third-order valence-corrected chi connectivity index (χ3v) is 11.7. The molecule has 1 heterocycles. The second-order valence-corrected chi connectivity index (χ2v) is 15.0. The molecule has 0 saturated heterocycles. The molecule has 0 aliphatic rings. The van der Waals surface area contributed by atoms with Crippen LogP contribution in [0.3, 0.4) is 0 Å². The highest BCUT2D eigenvalue weighted by Crippen LogP contribution is 2.47. The Bertz CT molecular complexity index is 3240. The maximum Gasteiger partial charge on any atom is 0.143 e. The van der Waals surface area contributed by atoms with E-state index in [-0.39, 0.29) is 0 Å². The van der Waals surface area contributed by atoms with Gasteiger partial charge in [0.2, 0.25) is 0 Å². The minimum atomic E-state index is 0.898. The fourth-order valence-corrected chi connectivity index (χ4v) is 8.95. The molecule has 1 heteroatoms. The van der Waals surface area contributed by atoms with Crippen LogP contribution in [0.15, 0.2) is 175 Å². The zero-order valence-electron chi connectivity index (χ0n) is 31.9. The summed E-state index contributed by atoms with van der Waals surface area (Å²) in [6.07, 6.45) is 4.45. The van der Waals surface area contributed by atoms with Gasteiger partial charge < -0.3 is 4.42 Å². The predicted octanol–water partition coefficient (Wildman–Crippen LogP) is 15.9. The van der Waals surface area contributed by atoms with Crippen LogP contribution in [-0.2, 0) is 0 Å². The number of para-hydroxylation sites is 1. The lowest BCUT2D eigenvalue weighted by molar-refractivity contribution is 0.667. The fraction of sp³-hybridized carbons (Fsp3) is 0.0545. The zero-order chi connectivity index (χ0) is 37.9. The third-order valence-electron chi connectivity index (χ3n) is 11.7. The molecule has 10 rings (SSSR count). The van der Waals surface area contributed by atoms with Crippen molar-refractivity contribution in [2.24, 2.45) is 0 Å². The first kappa shape index (κ1) is 33.6. The van der Waals surface area contributed by atoms with E-state index in [1.165, 1.54) is 76.8 Å². The monoisotopic (exact) mass is 716 g/mol. The van der Waals surface area contributed by atoms with Crippen molar-refractivity contribution in [1.29, 1.82) is 0 Å². The molecule has 0 N–H and O–H groups in total. The van der Waals surface area contributed by atoms with Gasteiger partial charge in [-0.05, 0) is 139 Å². The Labute approximate surface area is 327 Å². The van der Waals surface area contributed by atoms with Crippen LogP contribution in [0.25, 0.3) is 105 Å². The van der Waals surface area contributed by atoms with Crippen molar-refractivity contribution in [3.05, 3.63) is 198 Å². The summed E-state index contributed by atoms with van der Waals surface area (Å²) in [5, 5.41) is 9.58. The van der Waals surface area contributed by atoms with Crippen LogP contribution in [0.5, 0.6) is 0 Å². The lowest BCUT2D eigenvalue weighted by Crippen LogP contribution is -1.97. The number of rotatable bonds is 6. The Kier molecular flexibility index (Phi) is 8.04. The second kappa shape index (κ2) is 13.4. The number of furan rings is 1. The molecule has 0 bridgehead atoms. The van der Waals surface area contributed by atoms with Gasteiger partial charge in [-0.2, -0.15) is 0 Å². The molecule has 0 fully saturated rings. The molecular weight excluding hydrogens is 677 g/mol. The highest BCUT2D eigenvalue weighted by molar-refractivity contribution is 6.16. The van der Waals surface area contributed by atoms with E-state index >= 15 is 0 Å². The Hall–Kier alpha value is -6.96. The minimum absolute atomic E-state index is 0.898. The quantitative estimate of drug-likeness (QED) is 0.156. The van der Waals surface area contributed by atoms with Crippen molar-refractivity contribution in [2.75, 3.05) is 0 Å². The number of fused-ring (bicyclic) bond motifs is 6. The molecule has 10 aromatic rings. The maximum absolute atomic E-state index is 6.81. The Morgan fingerprint density at radius 3 is 1.68 bits per heavy atom. The zero-order valence-corrected chi connectivity index (χ0v) is 31.9. The number of hydrogen-bond acceptors (Lipinski definition) is 1. The van der Waals surface area contributed by atoms with E-state index in [0.29, 0.717) is 0 Å². The van der Waals surface area contributed by atoms with Gasteiger partial charge in [-0.15, -0.1) is 0 Å². The summed E-state index contributed by atoms with van der Waals surface area (Å²) in [5.41, 5.74) is 15.9. The fourth-order valence-electron chi connectivity index (χ4n) is 8.95. The van der Waals surface area contributed by atoms with Crippen molar-refractivity contribution in [2.45, 2.75) is 20.8 Å². The van der Waals surface area contributed by atoms with Gasteiger partial charge in [-0.25, -0.2) is 0 Å². The molecule has 1 nitrogen and oxygen atoms in total. The first-order chi connectivity index (χ1) is 27.5. The van der Waals surface area contributed by atoms with Gasteiger partial charge in [-0.1, -0.05) is 158 Å². The van der Waals surface area contributed by atoms with Gasteiger partial charge in [0, 0.05) is 16.3 Å². The summed E-state index contributed by atoms with van der Waals surface area (Å²) in [6.45, 7) is 11.2. The second-order valence-electron chi connectivity index (χ2n) is 15.0. The summed E-state index contributed by atoms with van der Waals surface area (Å²) in [6, 6.07) is 59.2. The molecule has 9 aromatic carbocycles. The van der Waals surface area contributed by atoms with E-state index < -0.39 is 0 Å². The Balaban J connectivity index is 1.33. The summed E-state index contributed by atoms with van der Waals surface area (Å²) >= 11 is 0. The van der Waals surface area contributed by atoms with E-state index in [1.807, 2.05) is 0 Å². The van der Waals surface area contributed by atoms with Crippen LogP contribution < -0.4 is 0 Å². The molecule has 0 unspecified atom stereocenters. The first-order valence-corrected chi connectivity index (χ1v) is 19.4. The average Bonchev–Trinajstić information content (AvgIpc) is 3.63. The van der Waals surface area contributed by atoms with Crippen LogP contribution in [0.2, 0.25) is 0 Å². The van der Waals surface area contributed by atoms with E-state index in [2.05, 4.69) is 203 Å². The smallest absolute Gasteiger partial charge is 0.143 e. The standard InChI is InChI=1S/C55H40O/c1-5-43-50(30-35(3)48-33-49(44-21-11-6-16-34(44)2)36(4)52-47-24-14-15-25-51(47)56-55(48)52)54(42-29-27-38-18-8-10-20-40(38)32-42)46-23-13-12-22-45(46)53(43)41-28-26-37-17-7-9-19-39(37)31-41/h5-33H,1H2,2-4H3/b35-30+. The SMILES string of the molecule is C=Cc1c(/C=C(\C)c2cc(-c3ccccc3C)c(C)c3c2oc2ccccc23)c(-c2ccc3ccccc3c2)c2ccccc2c1-c1ccc2ccccc2c1. The van der Waals surface area contributed by atoms with Crippen molar-refractivity contribution in [1.82, 2.24) is 0 Å². The highest BCUT2D eigenvalue weighted by atomic mass is 16.3. The molecule has 56 heavy (non-hydrogen) atoms. The van der Waals surface area contributed by atoms with Gasteiger partial charge in [0.05, 0.1) is 0 Å². The van der Waals surface area contributed by atoms with E-state index in [4.69, 9.17) is 4.42 Å². The molecule has 0 atom stereocenters. The Morgan fingerprint density at radius 1 is 0.518 bits per heavy atom. The van der Waals surface area contributed by atoms with Crippen LogP contribution in [-0.4, -0.2) is 0 Å². The molecule has 0 aliphatic carbocycles. The molecule has 1 aromatic heterocycles. The molecular formula is C55H40O. The third kappa shape index (κ3) is 5.39. The minimum Gasteiger partial charge on any atom is -0.455 e. The van der Waals surface area contributed by atoms with Crippen molar-refractivity contribution >= 4 is 72.0 Å². The largest absolute Gasteiger partial charge is 0.455 e. The van der Waals surface area contributed by atoms with Gasteiger partial charge in [0.25, 0.3) is 0 Å². The number of allylic oxidation sites excluding steroid dienone is 1. The van der Waals surface area contributed by atoms with Crippen molar-refractivity contribution in [3.63, 3.8) is 0 Å². The topological polar surface area (TPSA) is 13.1 Å². The van der Waals surface area contributed by atoms with E-state index in [0.717, 1.165) is 44.2 Å². The van der Waals surface area contributed by atoms with Crippen LogP contribution in [0.4, 0.5) is 0 Å². The predicted molar refractivity (Wildman–Crippen MR) is 242 cm³/mol. The number of aryl methyl sites for hydroxylation is 2. The van der Waals surface area contributed by atoms with E-state index in [1.54, 1.807) is 0 Å². The lowest BCUT2D eigenvalue weighted by Gasteiger charge is -2.22. The summed E-state index contributed by atoms with van der Waals surface area (Å²) in [5.74, 6) is 0. The van der Waals surface area contributed by atoms with Gasteiger partial charge in [-0.3, -0.25) is 0 Å². The first-order valence-electron chi connectivity index (χ1n) is 19.4. The summed E-state index contributed by atoms with van der Waals surface area (Å²) in [4.78, 5) is 0. The van der Waals surface area contributed by atoms with Gasteiger partial charge >= 0.3 is 0 Å².